The van der Waals surface area contributed by atoms with Gasteiger partial charge in [0.2, 0.25) is 0 Å². The maximum Gasteiger partial charge on any atom is 0.271 e. The number of hydrogen-bond donors (Lipinski definition) is 1. The molecule has 1 unspecified atom stereocenters. The minimum Gasteiger partial charge on any atom is -0.346 e. The molecule has 1 atom stereocenters. The monoisotopic (exact) mass is 304 g/mol. The number of nitrogens with one attached hydrogen (secondary N) is 1. The molecule has 0 aliphatic rings. The highest BCUT2D eigenvalue weighted by Gasteiger charge is 2.27. The average Bonchev–Trinajstić information content (AvgIpc) is 2.27. The van der Waals surface area contributed by atoms with Gasteiger partial charge in [-0.25, -0.2) is 0 Å². The lowest BCUT2D eigenvalue weighted by Crippen LogP contribution is -2.49. The van der Waals surface area contributed by atoms with Crippen LogP contribution < -0.4 is 5.32 Å². The van der Waals surface area contributed by atoms with Gasteiger partial charge < -0.3 is 5.32 Å². The Morgan fingerprint density at radius 1 is 1.42 bits per heavy atom. The number of halogens is 2. The number of nitro groups is 1. The third kappa shape index (κ3) is 4.08. The smallest absolute Gasteiger partial charge is 0.271 e. The number of alkyl halides is 1. The highest BCUT2D eigenvalue weighted by atomic mass is 35.5. The van der Waals surface area contributed by atoms with Crippen LogP contribution in [0.1, 0.15) is 31.1 Å². The van der Waals surface area contributed by atoms with E-state index in [2.05, 4.69) is 5.32 Å². The summed E-state index contributed by atoms with van der Waals surface area (Å²) in [6.07, 6.45) is 0. The SMILES string of the molecule is CC(Cl)C(C)(C)NC(=O)c1cc(Cl)cc([N+](=O)[O-])c1. The molecular formula is C12H14Cl2N2O3. The fourth-order valence-electron chi connectivity index (χ4n) is 1.27. The van der Waals surface area contributed by atoms with Gasteiger partial charge in [0.1, 0.15) is 0 Å². The molecule has 1 aromatic carbocycles. The normalized spacial score (nSPS) is 12.9. The molecule has 0 bridgehead atoms. The first-order valence-electron chi connectivity index (χ1n) is 5.55. The van der Waals surface area contributed by atoms with Crippen molar-refractivity contribution >= 4 is 34.8 Å². The fourth-order valence-corrected chi connectivity index (χ4v) is 1.56. The second-order valence-electron chi connectivity index (χ2n) is 4.75. The molecule has 1 rings (SSSR count). The predicted octanol–water partition coefficient (Wildman–Crippen LogP) is 3.38. The summed E-state index contributed by atoms with van der Waals surface area (Å²) >= 11 is 11.7. The molecule has 0 aromatic heterocycles. The Morgan fingerprint density at radius 3 is 2.47 bits per heavy atom. The van der Waals surface area contributed by atoms with Crippen molar-refractivity contribution in [1.29, 1.82) is 0 Å². The molecule has 104 valence electrons. The molecule has 1 amide bonds. The first kappa shape index (κ1) is 15.7. The summed E-state index contributed by atoms with van der Waals surface area (Å²) in [4.78, 5) is 22.2. The highest BCUT2D eigenvalue weighted by Crippen LogP contribution is 2.22. The van der Waals surface area contributed by atoms with Crippen molar-refractivity contribution in [1.82, 2.24) is 5.32 Å². The van der Waals surface area contributed by atoms with Crippen LogP contribution in [0, 0.1) is 10.1 Å². The molecule has 0 fully saturated rings. The van der Waals surface area contributed by atoms with Gasteiger partial charge in [0.15, 0.2) is 0 Å². The molecule has 7 heteroatoms. The van der Waals surface area contributed by atoms with E-state index in [-0.39, 0.29) is 21.7 Å². The van der Waals surface area contributed by atoms with Gasteiger partial charge in [0.25, 0.3) is 11.6 Å². The van der Waals surface area contributed by atoms with Crippen molar-refractivity contribution in [3.05, 3.63) is 38.9 Å². The predicted molar refractivity (Wildman–Crippen MR) is 75.0 cm³/mol. The maximum absolute atomic E-state index is 12.0. The fraction of sp³-hybridized carbons (Fsp3) is 0.417. The molecule has 0 saturated carbocycles. The lowest BCUT2D eigenvalue weighted by atomic mass is 10.0. The van der Waals surface area contributed by atoms with E-state index in [0.717, 1.165) is 0 Å². The standard InChI is InChI=1S/C12H14Cl2N2O3/c1-7(13)12(2,3)15-11(17)8-4-9(14)6-10(5-8)16(18)19/h4-7H,1-3H3,(H,15,17). The van der Waals surface area contributed by atoms with E-state index in [1.165, 1.54) is 18.2 Å². The topological polar surface area (TPSA) is 72.2 Å². The van der Waals surface area contributed by atoms with Gasteiger partial charge in [-0.1, -0.05) is 11.6 Å². The number of amides is 1. The number of hydrogen-bond acceptors (Lipinski definition) is 3. The van der Waals surface area contributed by atoms with Gasteiger partial charge >= 0.3 is 0 Å². The molecule has 0 radical (unpaired) electrons. The van der Waals surface area contributed by atoms with Crippen molar-refractivity contribution in [2.24, 2.45) is 0 Å². The third-order valence-electron chi connectivity index (χ3n) is 2.79. The molecule has 0 heterocycles. The summed E-state index contributed by atoms with van der Waals surface area (Å²) in [5.41, 5.74) is -0.741. The molecule has 0 saturated heterocycles. The van der Waals surface area contributed by atoms with E-state index in [4.69, 9.17) is 23.2 Å². The number of nitrogens with zero attached hydrogens (tertiary/aromatic N) is 1. The molecule has 1 N–H and O–H groups in total. The lowest BCUT2D eigenvalue weighted by molar-refractivity contribution is -0.384. The van der Waals surface area contributed by atoms with Crippen LogP contribution in [0.15, 0.2) is 18.2 Å². The molecule has 0 aliphatic carbocycles. The Balaban J connectivity index is 3.04. The summed E-state index contributed by atoms with van der Waals surface area (Å²) in [5, 5.41) is 13.3. The van der Waals surface area contributed by atoms with Crippen LogP contribution in [0.25, 0.3) is 0 Å². The van der Waals surface area contributed by atoms with Crippen LogP contribution in [0.5, 0.6) is 0 Å². The molecule has 19 heavy (non-hydrogen) atoms. The van der Waals surface area contributed by atoms with Crippen LogP contribution in [0.3, 0.4) is 0 Å². The van der Waals surface area contributed by atoms with E-state index in [0.29, 0.717) is 0 Å². The number of carbonyl (C=O) groups excluding carboxylic acids is 1. The Bertz CT molecular complexity index is 516. The van der Waals surface area contributed by atoms with Crippen molar-refractivity contribution in [2.75, 3.05) is 0 Å². The number of carbonyl (C=O) groups is 1. The summed E-state index contributed by atoms with van der Waals surface area (Å²) in [6.45, 7) is 5.28. The van der Waals surface area contributed by atoms with Crippen molar-refractivity contribution in [3.63, 3.8) is 0 Å². The molecule has 1 aromatic rings. The van der Waals surface area contributed by atoms with Gasteiger partial charge in [0.05, 0.1) is 15.8 Å². The second kappa shape index (κ2) is 5.75. The molecular weight excluding hydrogens is 291 g/mol. The third-order valence-corrected chi connectivity index (χ3v) is 3.55. The highest BCUT2D eigenvalue weighted by molar-refractivity contribution is 6.31. The van der Waals surface area contributed by atoms with Crippen LogP contribution in [-0.4, -0.2) is 21.7 Å². The maximum atomic E-state index is 12.0. The number of non-ortho nitro benzene ring substituents is 1. The molecule has 5 nitrogen and oxygen atoms in total. The van der Waals surface area contributed by atoms with Gasteiger partial charge in [0, 0.05) is 22.7 Å². The minimum atomic E-state index is -0.643. The average molecular weight is 305 g/mol. The van der Waals surface area contributed by atoms with E-state index in [1.807, 2.05) is 0 Å². The Kier molecular flexibility index (Phi) is 4.76. The van der Waals surface area contributed by atoms with E-state index < -0.39 is 16.4 Å². The second-order valence-corrected chi connectivity index (χ2v) is 5.84. The zero-order valence-corrected chi connectivity index (χ0v) is 12.2. The van der Waals surface area contributed by atoms with Gasteiger partial charge in [-0.2, -0.15) is 0 Å². The zero-order chi connectivity index (χ0) is 14.8. The summed E-state index contributed by atoms with van der Waals surface area (Å²) in [6, 6.07) is 3.74. The largest absolute Gasteiger partial charge is 0.346 e. The summed E-state index contributed by atoms with van der Waals surface area (Å²) < 4.78 is 0. The summed E-state index contributed by atoms with van der Waals surface area (Å²) in [5.74, 6) is -0.455. The van der Waals surface area contributed by atoms with E-state index in [9.17, 15) is 14.9 Å². The van der Waals surface area contributed by atoms with Gasteiger partial charge in [-0.15, -0.1) is 11.6 Å². The van der Waals surface area contributed by atoms with Crippen LogP contribution in [-0.2, 0) is 0 Å². The van der Waals surface area contributed by atoms with E-state index in [1.54, 1.807) is 20.8 Å². The first-order chi connectivity index (χ1) is 8.63. The van der Waals surface area contributed by atoms with Crippen LogP contribution in [0.2, 0.25) is 5.02 Å². The summed E-state index contributed by atoms with van der Waals surface area (Å²) in [7, 11) is 0. The number of rotatable bonds is 4. The van der Waals surface area contributed by atoms with Crippen molar-refractivity contribution in [2.45, 2.75) is 31.7 Å². The van der Waals surface area contributed by atoms with Gasteiger partial charge in [-0.3, -0.25) is 14.9 Å². The molecule has 0 aliphatic heterocycles. The van der Waals surface area contributed by atoms with E-state index >= 15 is 0 Å². The Morgan fingerprint density at radius 2 is 2.00 bits per heavy atom. The number of benzene rings is 1. The Labute approximate surface area is 121 Å². The first-order valence-corrected chi connectivity index (χ1v) is 6.36. The zero-order valence-electron chi connectivity index (χ0n) is 10.7. The Hall–Kier alpha value is -1.33. The van der Waals surface area contributed by atoms with Crippen LogP contribution in [0.4, 0.5) is 5.69 Å². The minimum absolute atomic E-state index is 0.129. The van der Waals surface area contributed by atoms with Gasteiger partial charge in [-0.05, 0) is 26.8 Å². The quantitative estimate of drug-likeness (QED) is 0.526. The lowest BCUT2D eigenvalue weighted by Gasteiger charge is -2.28. The van der Waals surface area contributed by atoms with Crippen molar-refractivity contribution in [3.8, 4) is 0 Å². The number of nitro benzene ring substituents is 1. The molecule has 0 spiro atoms. The van der Waals surface area contributed by atoms with Crippen molar-refractivity contribution < 1.29 is 9.72 Å². The van der Waals surface area contributed by atoms with Crippen LogP contribution >= 0.6 is 23.2 Å².